The number of ether oxygens (including phenoxy) is 2. The first-order valence-corrected chi connectivity index (χ1v) is 16.5. The molecule has 48 heavy (non-hydrogen) atoms. The van der Waals surface area contributed by atoms with Crippen molar-refractivity contribution in [1.29, 1.82) is 0 Å². The van der Waals surface area contributed by atoms with Gasteiger partial charge in [0.1, 0.15) is 29.3 Å². The van der Waals surface area contributed by atoms with Gasteiger partial charge in [-0.3, -0.25) is 9.59 Å². The van der Waals surface area contributed by atoms with Crippen molar-refractivity contribution in [3.05, 3.63) is 107 Å². The molecular formula is C39H51N3O6. The standard InChI is InChI=1S/C39H51N3O6/c1-9-23-42(35(44)31(25-28-18-12-10-13-19-28)41-37(46)48-39(6,7)8)33(30-22-16-17-27(2)24-30)34(43)40-32(36(45)47-38(3,4)5)26-29-20-14-11-15-21-29/h10-22,24,31-33H,9,23,25-26H2,1-8H3,(H,40,43)(H,41,46). The van der Waals surface area contributed by atoms with Crippen molar-refractivity contribution >= 4 is 23.9 Å². The highest BCUT2D eigenvalue weighted by atomic mass is 16.6. The quantitative estimate of drug-likeness (QED) is 0.204. The van der Waals surface area contributed by atoms with E-state index in [9.17, 15) is 19.2 Å². The SMILES string of the molecule is CCCN(C(=O)C(Cc1ccccc1)NC(=O)OC(C)(C)C)C(C(=O)NC(Cc1ccccc1)C(=O)OC(C)(C)C)c1cccc(C)c1. The monoisotopic (exact) mass is 657 g/mol. The van der Waals surface area contributed by atoms with E-state index in [0.29, 0.717) is 12.0 Å². The number of carbonyl (C=O) groups is 4. The first kappa shape index (κ1) is 37.8. The minimum atomic E-state index is -1.11. The van der Waals surface area contributed by atoms with Crippen LogP contribution in [0.1, 0.15) is 83.2 Å². The summed E-state index contributed by atoms with van der Waals surface area (Å²) in [4.78, 5) is 57.2. The Hall–Kier alpha value is -4.66. The van der Waals surface area contributed by atoms with Gasteiger partial charge in [0.2, 0.25) is 11.8 Å². The third kappa shape index (κ3) is 12.2. The molecule has 3 aromatic carbocycles. The van der Waals surface area contributed by atoms with Crippen LogP contribution in [0, 0.1) is 6.92 Å². The van der Waals surface area contributed by atoms with Crippen LogP contribution in [-0.4, -0.2) is 58.6 Å². The fraction of sp³-hybridized carbons (Fsp3) is 0.436. The lowest BCUT2D eigenvalue weighted by molar-refractivity contribution is -0.159. The van der Waals surface area contributed by atoms with Crippen molar-refractivity contribution in [2.45, 2.75) is 104 Å². The predicted octanol–water partition coefficient (Wildman–Crippen LogP) is 6.48. The molecule has 3 unspecified atom stereocenters. The maximum Gasteiger partial charge on any atom is 0.408 e. The Morgan fingerprint density at radius 2 is 1.25 bits per heavy atom. The second-order valence-electron chi connectivity index (χ2n) is 14.0. The second-order valence-corrected chi connectivity index (χ2v) is 14.0. The van der Waals surface area contributed by atoms with Crippen LogP contribution in [0.2, 0.25) is 0 Å². The lowest BCUT2D eigenvalue weighted by atomic mass is 9.98. The number of aryl methyl sites for hydroxylation is 1. The molecule has 0 saturated heterocycles. The molecule has 0 spiro atoms. The molecule has 0 bridgehead atoms. The summed E-state index contributed by atoms with van der Waals surface area (Å²) in [6, 6.07) is 22.9. The van der Waals surface area contributed by atoms with Crippen molar-refractivity contribution in [3.63, 3.8) is 0 Å². The fourth-order valence-electron chi connectivity index (χ4n) is 5.29. The Bertz CT molecular complexity index is 1510. The van der Waals surface area contributed by atoms with Gasteiger partial charge in [-0.2, -0.15) is 0 Å². The van der Waals surface area contributed by atoms with E-state index < -0.39 is 53.2 Å². The summed E-state index contributed by atoms with van der Waals surface area (Å²) in [5.74, 6) is -1.57. The van der Waals surface area contributed by atoms with Crippen LogP contribution in [-0.2, 0) is 36.7 Å². The van der Waals surface area contributed by atoms with E-state index in [2.05, 4.69) is 10.6 Å². The number of alkyl carbamates (subject to hydrolysis) is 1. The van der Waals surface area contributed by atoms with Gasteiger partial charge >= 0.3 is 12.1 Å². The molecule has 258 valence electrons. The maximum atomic E-state index is 14.6. The molecule has 3 atom stereocenters. The van der Waals surface area contributed by atoms with Crippen LogP contribution in [0.25, 0.3) is 0 Å². The summed E-state index contributed by atoms with van der Waals surface area (Å²) < 4.78 is 11.3. The lowest BCUT2D eigenvalue weighted by Crippen LogP contribution is -2.55. The second kappa shape index (κ2) is 16.9. The van der Waals surface area contributed by atoms with Gasteiger partial charge in [-0.1, -0.05) is 97.4 Å². The zero-order chi connectivity index (χ0) is 35.5. The molecule has 3 aromatic rings. The van der Waals surface area contributed by atoms with Crippen molar-refractivity contribution in [3.8, 4) is 0 Å². The molecule has 9 nitrogen and oxygen atoms in total. The average Bonchev–Trinajstić information content (AvgIpc) is 2.99. The third-order valence-corrected chi connectivity index (χ3v) is 7.23. The number of nitrogens with one attached hydrogen (secondary N) is 2. The van der Waals surface area contributed by atoms with Gasteiger partial charge in [0.15, 0.2) is 0 Å². The molecule has 3 amide bonds. The molecule has 0 heterocycles. The summed E-state index contributed by atoms with van der Waals surface area (Å²) in [5.41, 5.74) is 1.57. The number of benzene rings is 3. The topological polar surface area (TPSA) is 114 Å². The van der Waals surface area contributed by atoms with Gasteiger partial charge in [-0.05, 0) is 71.6 Å². The van der Waals surface area contributed by atoms with E-state index in [-0.39, 0.29) is 19.4 Å². The van der Waals surface area contributed by atoms with Gasteiger partial charge in [-0.15, -0.1) is 0 Å². The van der Waals surface area contributed by atoms with Gasteiger partial charge in [0.25, 0.3) is 0 Å². The highest BCUT2D eigenvalue weighted by molar-refractivity contribution is 5.94. The number of amides is 3. The van der Waals surface area contributed by atoms with E-state index in [4.69, 9.17) is 9.47 Å². The summed E-state index contributed by atoms with van der Waals surface area (Å²) >= 11 is 0. The Balaban J connectivity index is 2.07. The van der Waals surface area contributed by atoms with Crippen molar-refractivity contribution < 1.29 is 28.7 Å². The van der Waals surface area contributed by atoms with Crippen molar-refractivity contribution in [1.82, 2.24) is 15.5 Å². The number of hydrogen-bond donors (Lipinski definition) is 2. The normalized spacial score (nSPS) is 13.4. The van der Waals surface area contributed by atoms with Gasteiger partial charge in [-0.25, -0.2) is 9.59 Å². The zero-order valence-electron chi connectivity index (χ0n) is 29.5. The van der Waals surface area contributed by atoms with Crippen LogP contribution < -0.4 is 10.6 Å². The molecule has 0 aromatic heterocycles. The minimum absolute atomic E-state index is 0.176. The third-order valence-electron chi connectivity index (χ3n) is 7.23. The first-order chi connectivity index (χ1) is 22.6. The largest absolute Gasteiger partial charge is 0.458 e. The van der Waals surface area contributed by atoms with E-state index in [1.807, 2.05) is 92.7 Å². The molecule has 0 aliphatic heterocycles. The summed E-state index contributed by atoms with van der Waals surface area (Å²) in [7, 11) is 0. The zero-order valence-corrected chi connectivity index (χ0v) is 29.5. The fourth-order valence-corrected chi connectivity index (χ4v) is 5.29. The summed E-state index contributed by atoms with van der Waals surface area (Å²) in [5, 5.41) is 5.72. The van der Waals surface area contributed by atoms with Crippen LogP contribution in [0.5, 0.6) is 0 Å². The number of nitrogens with zero attached hydrogens (tertiary/aromatic N) is 1. The van der Waals surface area contributed by atoms with E-state index in [1.54, 1.807) is 47.6 Å². The molecule has 0 aliphatic rings. The maximum absolute atomic E-state index is 14.6. The Morgan fingerprint density at radius 3 is 1.75 bits per heavy atom. The Labute approximate surface area is 285 Å². The van der Waals surface area contributed by atoms with E-state index in [1.165, 1.54) is 4.90 Å². The molecule has 0 fully saturated rings. The molecule has 0 radical (unpaired) electrons. The van der Waals surface area contributed by atoms with Crippen molar-refractivity contribution in [2.24, 2.45) is 0 Å². The smallest absolute Gasteiger partial charge is 0.408 e. The van der Waals surface area contributed by atoms with Crippen LogP contribution in [0.15, 0.2) is 84.9 Å². The molecule has 0 saturated carbocycles. The number of esters is 1. The number of rotatable bonds is 13. The average molecular weight is 658 g/mol. The summed E-state index contributed by atoms with van der Waals surface area (Å²) in [6.45, 7) is 14.6. The molecule has 0 aliphatic carbocycles. The molecule has 9 heteroatoms. The Morgan fingerprint density at radius 1 is 0.708 bits per heavy atom. The first-order valence-electron chi connectivity index (χ1n) is 16.5. The number of carbonyl (C=O) groups excluding carboxylic acids is 4. The van der Waals surface area contributed by atoms with E-state index >= 15 is 0 Å². The van der Waals surface area contributed by atoms with Crippen LogP contribution >= 0.6 is 0 Å². The number of hydrogen-bond acceptors (Lipinski definition) is 6. The summed E-state index contributed by atoms with van der Waals surface area (Å²) in [6.07, 6.45) is 0.166. The molecule has 3 rings (SSSR count). The highest BCUT2D eigenvalue weighted by Crippen LogP contribution is 2.26. The van der Waals surface area contributed by atoms with Gasteiger partial charge < -0.3 is 25.0 Å². The minimum Gasteiger partial charge on any atom is -0.458 e. The molecular weight excluding hydrogens is 606 g/mol. The Kier molecular flexibility index (Phi) is 13.3. The van der Waals surface area contributed by atoms with Gasteiger partial charge in [0.05, 0.1) is 0 Å². The van der Waals surface area contributed by atoms with E-state index in [0.717, 1.165) is 16.7 Å². The van der Waals surface area contributed by atoms with Crippen LogP contribution in [0.3, 0.4) is 0 Å². The predicted molar refractivity (Wildman–Crippen MR) is 187 cm³/mol. The van der Waals surface area contributed by atoms with Gasteiger partial charge in [0, 0.05) is 19.4 Å². The molecule has 2 N–H and O–H groups in total. The van der Waals surface area contributed by atoms with Crippen molar-refractivity contribution in [2.75, 3.05) is 6.54 Å². The highest BCUT2D eigenvalue weighted by Gasteiger charge is 2.38. The lowest BCUT2D eigenvalue weighted by Gasteiger charge is -2.35. The van der Waals surface area contributed by atoms with Crippen LogP contribution in [0.4, 0.5) is 4.79 Å².